The van der Waals surface area contributed by atoms with Crippen LogP contribution in [0.25, 0.3) is 0 Å². The number of aromatic nitrogens is 2. The molecule has 4 heteroatoms. The molecule has 0 radical (unpaired) electrons. The van der Waals surface area contributed by atoms with E-state index in [2.05, 4.69) is 30.5 Å². The van der Waals surface area contributed by atoms with E-state index < -0.39 is 0 Å². The molecule has 118 valence electrons. The van der Waals surface area contributed by atoms with Gasteiger partial charge < -0.3 is 10.1 Å². The van der Waals surface area contributed by atoms with Gasteiger partial charge in [0, 0.05) is 31.8 Å². The van der Waals surface area contributed by atoms with Gasteiger partial charge in [0.1, 0.15) is 0 Å². The third kappa shape index (κ3) is 3.49. The van der Waals surface area contributed by atoms with E-state index in [4.69, 9.17) is 4.74 Å². The Hall–Kier alpha value is -0.870. The predicted octanol–water partition coefficient (Wildman–Crippen LogP) is 2.39. The highest BCUT2D eigenvalue weighted by Gasteiger charge is 2.50. The van der Waals surface area contributed by atoms with Crippen LogP contribution < -0.4 is 5.32 Å². The molecule has 2 atom stereocenters. The van der Waals surface area contributed by atoms with E-state index in [1.165, 1.54) is 24.8 Å². The van der Waals surface area contributed by atoms with Crippen LogP contribution in [-0.2, 0) is 18.2 Å². The summed E-state index contributed by atoms with van der Waals surface area (Å²) in [6, 6.07) is 0. The lowest BCUT2D eigenvalue weighted by Crippen LogP contribution is -2.44. The lowest BCUT2D eigenvalue weighted by molar-refractivity contribution is 0.0304. The summed E-state index contributed by atoms with van der Waals surface area (Å²) in [6.07, 6.45) is 9.59. The topological polar surface area (TPSA) is 39.1 Å². The first-order valence-electron chi connectivity index (χ1n) is 8.39. The first-order chi connectivity index (χ1) is 10.1. The Bertz CT molecular complexity index is 466. The molecule has 0 aromatic carbocycles. The Morgan fingerprint density at radius 3 is 2.90 bits per heavy atom. The van der Waals surface area contributed by atoms with Gasteiger partial charge in [0.25, 0.3) is 0 Å². The van der Waals surface area contributed by atoms with Gasteiger partial charge in [-0.25, -0.2) is 0 Å². The van der Waals surface area contributed by atoms with E-state index >= 15 is 0 Å². The number of hydrogen-bond acceptors (Lipinski definition) is 3. The van der Waals surface area contributed by atoms with Crippen LogP contribution in [0.5, 0.6) is 0 Å². The van der Waals surface area contributed by atoms with Gasteiger partial charge in [-0.05, 0) is 49.6 Å². The third-order valence-corrected chi connectivity index (χ3v) is 4.90. The summed E-state index contributed by atoms with van der Waals surface area (Å²) >= 11 is 0. The van der Waals surface area contributed by atoms with E-state index in [-0.39, 0.29) is 5.41 Å². The van der Waals surface area contributed by atoms with Crippen LogP contribution in [0.2, 0.25) is 0 Å². The van der Waals surface area contributed by atoms with Crippen LogP contribution in [0.3, 0.4) is 0 Å². The maximum Gasteiger partial charge on any atom is 0.0675 e. The summed E-state index contributed by atoms with van der Waals surface area (Å²) in [6.45, 7) is 7.62. The lowest BCUT2D eigenvalue weighted by atomic mass is 9.74. The Morgan fingerprint density at radius 1 is 1.48 bits per heavy atom. The first kappa shape index (κ1) is 15.0. The number of ether oxygens (including phenoxy) is 1. The molecule has 3 rings (SSSR count). The van der Waals surface area contributed by atoms with Gasteiger partial charge in [0.15, 0.2) is 0 Å². The summed E-state index contributed by atoms with van der Waals surface area (Å²) in [4.78, 5) is 0. The third-order valence-electron chi connectivity index (χ3n) is 4.90. The van der Waals surface area contributed by atoms with Crippen molar-refractivity contribution in [3.05, 3.63) is 18.0 Å². The second-order valence-corrected chi connectivity index (χ2v) is 7.46. The number of hydrogen-bond donors (Lipinski definition) is 1. The second-order valence-electron chi connectivity index (χ2n) is 7.46. The second kappa shape index (κ2) is 6.09. The average Bonchev–Trinajstić information content (AvgIpc) is 3.06. The Morgan fingerprint density at radius 2 is 2.29 bits per heavy atom. The van der Waals surface area contributed by atoms with E-state index in [1.54, 1.807) is 0 Å². The average molecular weight is 291 g/mol. The van der Waals surface area contributed by atoms with Crippen molar-refractivity contribution in [3.63, 3.8) is 0 Å². The highest BCUT2D eigenvalue weighted by molar-refractivity contribution is 5.12. The molecule has 2 unspecified atom stereocenters. The van der Waals surface area contributed by atoms with Gasteiger partial charge in [-0.3, -0.25) is 4.68 Å². The minimum atomic E-state index is 0.263. The van der Waals surface area contributed by atoms with Crippen molar-refractivity contribution in [1.82, 2.24) is 15.1 Å². The summed E-state index contributed by atoms with van der Waals surface area (Å²) in [5, 5.41) is 8.04. The summed E-state index contributed by atoms with van der Waals surface area (Å²) in [5.41, 5.74) is 1.61. The zero-order valence-corrected chi connectivity index (χ0v) is 13.6. The molecular weight excluding hydrogens is 262 g/mol. The quantitative estimate of drug-likeness (QED) is 0.838. The number of nitrogens with one attached hydrogen (secondary N) is 1. The van der Waals surface area contributed by atoms with Crippen molar-refractivity contribution in [1.29, 1.82) is 0 Å². The molecule has 4 nitrogen and oxygen atoms in total. The minimum absolute atomic E-state index is 0.263. The fourth-order valence-corrected chi connectivity index (χ4v) is 3.76. The fourth-order valence-electron chi connectivity index (χ4n) is 3.76. The molecule has 0 amide bonds. The zero-order valence-electron chi connectivity index (χ0n) is 13.6. The molecule has 1 aromatic rings. The smallest absolute Gasteiger partial charge is 0.0675 e. The van der Waals surface area contributed by atoms with Crippen molar-refractivity contribution in [2.75, 3.05) is 19.7 Å². The molecule has 1 N–H and O–H groups in total. The Labute approximate surface area is 128 Å². The standard InChI is InChI=1S/C17H29N3O/c1-13(2)9-18-12-17(8-14-10-19-20(3)11-14)6-7-21-16(17)15-4-5-15/h10-11,13,15-16,18H,4-9,12H2,1-3H3. The van der Waals surface area contributed by atoms with Crippen LogP contribution in [0.1, 0.15) is 38.7 Å². The van der Waals surface area contributed by atoms with Crippen LogP contribution in [0.4, 0.5) is 0 Å². The van der Waals surface area contributed by atoms with Gasteiger partial charge in [-0.2, -0.15) is 5.10 Å². The Balaban J connectivity index is 1.73. The molecule has 1 saturated heterocycles. The van der Waals surface area contributed by atoms with E-state index in [1.807, 2.05) is 17.9 Å². The highest BCUT2D eigenvalue weighted by atomic mass is 16.5. The molecular formula is C17H29N3O. The molecule has 0 bridgehead atoms. The predicted molar refractivity (Wildman–Crippen MR) is 84.1 cm³/mol. The highest BCUT2D eigenvalue weighted by Crippen LogP contribution is 2.49. The van der Waals surface area contributed by atoms with Gasteiger partial charge in [-0.15, -0.1) is 0 Å². The zero-order chi connectivity index (χ0) is 14.9. The fraction of sp³-hybridized carbons (Fsp3) is 0.824. The molecule has 0 spiro atoms. The van der Waals surface area contributed by atoms with Crippen molar-refractivity contribution >= 4 is 0 Å². The van der Waals surface area contributed by atoms with Gasteiger partial charge in [0.2, 0.25) is 0 Å². The van der Waals surface area contributed by atoms with E-state index in [0.29, 0.717) is 12.0 Å². The van der Waals surface area contributed by atoms with E-state index in [0.717, 1.165) is 32.0 Å². The van der Waals surface area contributed by atoms with Crippen LogP contribution >= 0.6 is 0 Å². The largest absolute Gasteiger partial charge is 0.377 e. The SMILES string of the molecule is CC(C)CNCC1(Cc2cnn(C)c2)CCOC1C1CC1. The first-order valence-corrected chi connectivity index (χ1v) is 8.39. The molecule has 2 heterocycles. The molecule has 2 aliphatic rings. The number of nitrogens with zero attached hydrogens (tertiary/aromatic N) is 2. The molecule has 2 fully saturated rings. The van der Waals surface area contributed by atoms with Gasteiger partial charge in [-0.1, -0.05) is 13.8 Å². The van der Waals surface area contributed by atoms with Gasteiger partial charge >= 0.3 is 0 Å². The molecule has 1 aromatic heterocycles. The Kier molecular flexibility index (Phi) is 4.36. The lowest BCUT2D eigenvalue weighted by Gasteiger charge is -2.35. The molecule has 1 aliphatic heterocycles. The van der Waals surface area contributed by atoms with Crippen LogP contribution in [0.15, 0.2) is 12.4 Å². The normalized spacial score (nSPS) is 29.4. The number of rotatable bonds is 7. The van der Waals surface area contributed by atoms with Crippen molar-refractivity contribution in [2.45, 2.75) is 45.6 Å². The summed E-state index contributed by atoms with van der Waals surface area (Å²) in [7, 11) is 2.00. The monoisotopic (exact) mass is 291 g/mol. The summed E-state index contributed by atoms with van der Waals surface area (Å²) < 4.78 is 8.07. The number of aryl methyl sites for hydroxylation is 1. The molecule has 1 aliphatic carbocycles. The summed E-state index contributed by atoms with van der Waals surface area (Å²) in [5.74, 6) is 1.49. The molecule has 1 saturated carbocycles. The molecule has 21 heavy (non-hydrogen) atoms. The van der Waals surface area contributed by atoms with Crippen molar-refractivity contribution in [2.24, 2.45) is 24.3 Å². The van der Waals surface area contributed by atoms with E-state index in [9.17, 15) is 0 Å². The van der Waals surface area contributed by atoms with Crippen LogP contribution in [0, 0.1) is 17.3 Å². The van der Waals surface area contributed by atoms with Crippen molar-refractivity contribution in [3.8, 4) is 0 Å². The maximum absolute atomic E-state index is 6.16. The minimum Gasteiger partial charge on any atom is -0.377 e. The maximum atomic E-state index is 6.16. The van der Waals surface area contributed by atoms with Crippen LogP contribution in [-0.4, -0.2) is 35.6 Å². The van der Waals surface area contributed by atoms with Crippen molar-refractivity contribution < 1.29 is 4.74 Å². The van der Waals surface area contributed by atoms with Gasteiger partial charge in [0.05, 0.1) is 12.3 Å².